The van der Waals surface area contributed by atoms with Crippen LogP contribution in [0.15, 0.2) is 0 Å². The first kappa shape index (κ1) is 18.0. The monoisotopic (exact) mass is 349 g/mol. The van der Waals surface area contributed by atoms with E-state index in [2.05, 4.69) is 0 Å². The largest absolute Gasteiger partial charge is 0.481 e. The van der Waals surface area contributed by atoms with Crippen molar-refractivity contribution in [2.45, 2.75) is 44.8 Å². The average Bonchev–Trinajstić information content (AvgIpc) is 2.32. The van der Waals surface area contributed by atoms with E-state index >= 15 is 0 Å². The second-order valence-electron chi connectivity index (χ2n) is 7.41. The number of carbonyl (C=O) groups excluding carboxylic acids is 1. The fraction of sp³-hybridized carbons (Fsp3) is 0.857. The molecule has 0 aromatic rings. The normalized spacial score (nSPS) is 25.3. The van der Waals surface area contributed by atoms with E-state index in [1.54, 1.807) is 20.8 Å². The molecule has 2 heterocycles. The minimum Gasteiger partial charge on any atom is -0.481 e. The highest BCUT2D eigenvalue weighted by Gasteiger charge is 2.64. The van der Waals surface area contributed by atoms with E-state index in [4.69, 9.17) is 4.74 Å². The van der Waals surface area contributed by atoms with Crippen LogP contribution < -0.4 is 0 Å². The molecule has 2 saturated heterocycles. The summed E-state index contributed by atoms with van der Waals surface area (Å²) in [5.41, 5.74) is -3.86. The van der Waals surface area contributed by atoms with Crippen LogP contribution in [0.25, 0.3) is 0 Å². The molecule has 0 saturated carbocycles. The number of carboxylic acids is 1. The third-order valence-electron chi connectivity index (χ3n) is 4.54. The number of carbonyl (C=O) groups is 2. The molecular weight excluding hydrogens is 326 g/mol. The van der Waals surface area contributed by atoms with Crippen molar-refractivity contribution in [3.63, 3.8) is 0 Å². The summed E-state index contributed by atoms with van der Waals surface area (Å²) in [5.74, 6) is -1.76. The van der Waals surface area contributed by atoms with Crippen molar-refractivity contribution in [1.29, 1.82) is 0 Å². The summed E-state index contributed by atoms with van der Waals surface area (Å²) < 4.78 is 28.3. The Morgan fingerprint density at radius 1 is 1.13 bits per heavy atom. The van der Waals surface area contributed by atoms with Crippen LogP contribution in [0.4, 0.5) is 4.79 Å². The number of nitrogens with zero attached hydrogens (tertiary/aromatic N) is 1. The lowest BCUT2D eigenvalue weighted by Gasteiger charge is -2.55. The third kappa shape index (κ3) is 3.30. The number of β-amino-alcohol motifs (C(OH)–C–C–N with tert-alkyl or cyclic N) is 1. The van der Waals surface area contributed by atoms with Crippen molar-refractivity contribution in [2.75, 3.05) is 24.6 Å². The summed E-state index contributed by atoms with van der Waals surface area (Å²) in [4.78, 5) is 24.9. The average molecular weight is 349 g/mol. The Morgan fingerprint density at radius 3 is 2.00 bits per heavy atom. The van der Waals surface area contributed by atoms with Crippen molar-refractivity contribution in [3.05, 3.63) is 0 Å². The molecule has 9 heteroatoms. The Morgan fingerprint density at radius 2 is 1.61 bits per heavy atom. The molecule has 132 valence electrons. The van der Waals surface area contributed by atoms with Gasteiger partial charge in [-0.15, -0.1) is 0 Å². The number of hydrogen-bond donors (Lipinski definition) is 2. The van der Waals surface area contributed by atoms with Crippen molar-refractivity contribution in [2.24, 2.45) is 5.41 Å². The number of aliphatic carboxylic acids is 1. The highest BCUT2D eigenvalue weighted by molar-refractivity contribution is 7.91. The van der Waals surface area contributed by atoms with Gasteiger partial charge in [-0.2, -0.15) is 0 Å². The van der Waals surface area contributed by atoms with Crippen molar-refractivity contribution >= 4 is 21.9 Å². The lowest BCUT2D eigenvalue weighted by atomic mass is 9.64. The van der Waals surface area contributed by atoms with Crippen LogP contribution >= 0.6 is 0 Å². The molecule has 0 aromatic carbocycles. The second-order valence-corrected chi connectivity index (χ2v) is 9.71. The van der Waals surface area contributed by atoms with E-state index in [0.717, 1.165) is 0 Å². The second kappa shape index (κ2) is 5.34. The first-order chi connectivity index (χ1) is 10.3. The van der Waals surface area contributed by atoms with Crippen molar-refractivity contribution in [1.82, 2.24) is 4.90 Å². The van der Waals surface area contributed by atoms with Gasteiger partial charge in [0.1, 0.15) is 26.5 Å². The Kier molecular flexibility index (Phi) is 4.18. The predicted octanol–water partition coefficient (Wildman–Crippen LogP) is 0.248. The van der Waals surface area contributed by atoms with E-state index in [-0.39, 0.29) is 37.4 Å². The lowest BCUT2D eigenvalue weighted by molar-refractivity contribution is -0.200. The van der Waals surface area contributed by atoms with Crippen molar-refractivity contribution in [3.8, 4) is 0 Å². The fourth-order valence-corrected chi connectivity index (χ4v) is 4.63. The first-order valence-electron chi connectivity index (χ1n) is 7.44. The molecule has 2 rings (SSSR count). The van der Waals surface area contributed by atoms with Gasteiger partial charge in [0.2, 0.25) is 0 Å². The number of rotatable bonds is 2. The molecule has 0 bridgehead atoms. The van der Waals surface area contributed by atoms with E-state index in [0.29, 0.717) is 0 Å². The van der Waals surface area contributed by atoms with E-state index in [1.807, 2.05) is 0 Å². The first-order valence-corrected chi connectivity index (χ1v) is 9.27. The zero-order valence-corrected chi connectivity index (χ0v) is 14.4. The molecule has 2 aliphatic heterocycles. The molecule has 8 nitrogen and oxygen atoms in total. The molecule has 0 atom stereocenters. The van der Waals surface area contributed by atoms with Gasteiger partial charge in [0.25, 0.3) is 0 Å². The summed E-state index contributed by atoms with van der Waals surface area (Å²) >= 11 is 0. The highest BCUT2D eigenvalue weighted by Crippen LogP contribution is 2.47. The van der Waals surface area contributed by atoms with E-state index in [1.165, 1.54) is 4.90 Å². The Hall–Kier alpha value is -1.35. The van der Waals surface area contributed by atoms with Gasteiger partial charge in [-0.05, 0) is 33.6 Å². The summed E-state index contributed by atoms with van der Waals surface area (Å²) in [7, 11) is -3.27. The van der Waals surface area contributed by atoms with Crippen molar-refractivity contribution < 1.29 is 33.0 Å². The summed E-state index contributed by atoms with van der Waals surface area (Å²) in [6.45, 7) is 4.79. The molecule has 2 aliphatic rings. The van der Waals surface area contributed by atoms with Crippen LogP contribution in [0.3, 0.4) is 0 Å². The maximum Gasteiger partial charge on any atom is 0.410 e. The fourth-order valence-electron chi connectivity index (χ4n) is 3.11. The maximum atomic E-state index is 11.9. The molecule has 0 spiro atoms. The molecule has 0 aliphatic carbocycles. The SMILES string of the molecule is CC(C)(C)OC(=O)N1CC(O)(C2(C(=O)O)CCS(=O)(=O)CC2)C1. The van der Waals surface area contributed by atoms with Gasteiger partial charge < -0.3 is 19.8 Å². The van der Waals surface area contributed by atoms with Gasteiger partial charge in [0.05, 0.1) is 24.6 Å². The number of carboxylic acid groups (broad SMARTS) is 1. The van der Waals surface area contributed by atoms with Gasteiger partial charge in [0, 0.05) is 0 Å². The minimum absolute atomic E-state index is 0.149. The molecule has 0 aromatic heterocycles. The molecular formula is C14H23NO7S. The predicted molar refractivity (Wildman–Crippen MR) is 80.7 cm³/mol. The molecule has 23 heavy (non-hydrogen) atoms. The van der Waals surface area contributed by atoms with Crippen LogP contribution in [0, 0.1) is 5.41 Å². The van der Waals surface area contributed by atoms with Crippen LogP contribution in [-0.2, 0) is 19.4 Å². The standard InChI is InChI=1S/C14H23NO7S/c1-12(2,3)22-11(18)15-8-14(19,9-15)13(10(16)17)4-6-23(20,21)7-5-13/h19H,4-9H2,1-3H3,(H,16,17). The van der Waals surface area contributed by atoms with Crippen LogP contribution in [0.2, 0.25) is 0 Å². The Balaban J connectivity index is 2.11. The summed E-state index contributed by atoms with van der Waals surface area (Å²) in [5, 5.41) is 20.3. The van der Waals surface area contributed by atoms with Crippen LogP contribution in [-0.4, -0.2) is 71.4 Å². The smallest absolute Gasteiger partial charge is 0.410 e. The topological polar surface area (TPSA) is 121 Å². The number of aliphatic hydroxyl groups is 1. The Labute approximate surface area is 135 Å². The van der Waals surface area contributed by atoms with Crippen LogP contribution in [0.1, 0.15) is 33.6 Å². The third-order valence-corrected chi connectivity index (χ3v) is 6.19. The summed E-state index contributed by atoms with van der Waals surface area (Å²) in [6, 6.07) is 0. The quantitative estimate of drug-likeness (QED) is 0.733. The van der Waals surface area contributed by atoms with Crippen LogP contribution in [0.5, 0.6) is 0 Å². The van der Waals surface area contributed by atoms with Gasteiger partial charge in [-0.3, -0.25) is 4.79 Å². The number of hydrogen-bond acceptors (Lipinski definition) is 6. The molecule has 2 fully saturated rings. The maximum absolute atomic E-state index is 11.9. The van der Waals surface area contributed by atoms with Gasteiger partial charge in [-0.25, -0.2) is 13.2 Å². The Bertz CT molecular complexity index is 600. The van der Waals surface area contributed by atoms with Gasteiger partial charge >= 0.3 is 12.1 Å². The molecule has 0 unspecified atom stereocenters. The number of sulfone groups is 1. The number of ether oxygens (including phenoxy) is 1. The zero-order valence-electron chi connectivity index (χ0n) is 13.5. The van der Waals surface area contributed by atoms with Gasteiger partial charge in [0.15, 0.2) is 0 Å². The highest BCUT2D eigenvalue weighted by atomic mass is 32.2. The number of amides is 1. The molecule has 1 amide bonds. The van der Waals surface area contributed by atoms with Gasteiger partial charge in [-0.1, -0.05) is 0 Å². The van der Waals surface area contributed by atoms with E-state index < -0.39 is 38.5 Å². The molecule has 0 radical (unpaired) electrons. The van der Waals surface area contributed by atoms with E-state index in [9.17, 15) is 28.2 Å². The summed E-state index contributed by atoms with van der Waals surface area (Å²) in [6.07, 6.45) is -0.918. The number of likely N-dealkylation sites (tertiary alicyclic amines) is 1. The zero-order chi connectivity index (χ0) is 17.7. The lowest BCUT2D eigenvalue weighted by Crippen LogP contribution is -2.74. The molecule has 2 N–H and O–H groups in total. The minimum atomic E-state index is -3.27.